The van der Waals surface area contributed by atoms with E-state index >= 15 is 0 Å². The van der Waals surface area contributed by atoms with Crippen LogP contribution in [0.15, 0.2) is 10.3 Å². The van der Waals surface area contributed by atoms with Crippen LogP contribution in [-0.2, 0) is 0 Å². The normalized spacial score (nSPS) is 28.2. The number of rotatable bonds is 6. The van der Waals surface area contributed by atoms with E-state index in [1.807, 2.05) is 27.7 Å². The van der Waals surface area contributed by atoms with Crippen molar-refractivity contribution in [3.63, 3.8) is 0 Å². The zero-order valence-corrected chi connectivity index (χ0v) is 12.9. The molecule has 116 valence electrons. The van der Waals surface area contributed by atoms with Crippen molar-refractivity contribution in [3.8, 4) is 0 Å². The topological polar surface area (TPSA) is 89.2 Å². The van der Waals surface area contributed by atoms with Crippen molar-refractivity contribution in [2.75, 3.05) is 0 Å². The van der Waals surface area contributed by atoms with Crippen molar-refractivity contribution in [1.82, 2.24) is 10.6 Å². The monoisotopic (exact) mass is 284 g/mol. The summed E-state index contributed by atoms with van der Waals surface area (Å²) in [6.45, 7) is 7.64. The number of oxime groups is 2. The van der Waals surface area contributed by atoms with Gasteiger partial charge in [0.25, 0.3) is 0 Å². The second kappa shape index (κ2) is 8.21. The second-order valence-electron chi connectivity index (χ2n) is 5.76. The molecule has 20 heavy (non-hydrogen) atoms. The number of nitrogens with zero attached hydrogens (tertiary/aromatic N) is 2. The summed E-state index contributed by atoms with van der Waals surface area (Å²) in [5.74, 6) is 0. The maximum Gasteiger partial charge on any atom is 0.0706 e. The zero-order valence-electron chi connectivity index (χ0n) is 12.9. The van der Waals surface area contributed by atoms with E-state index in [2.05, 4.69) is 20.9 Å². The molecule has 4 unspecified atom stereocenters. The molecule has 0 saturated heterocycles. The van der Waals surface area contributed by atoms with Gasteiger partial charge in [0.2, 0.25) is 0 Å². The summed E-state index contributed by atoms with van der Waals surface area (Å²) in [6, 6.07) is 0.777. The maximum absolute atomic E-state index is 8.84. The van der Waals surface area contributed by atoms with Crippen LogP contribution in [0.1, 0.15) is 53.4 Å². The highest BCUT2D eigenvalue weighted by atomic mass is 16.4. The van der Waals surface area contributed by atoms with Crippen LogP contribution >= 0.6 is 0 Å². The van der Waals surface area contributed by atoms with E-state index in [0.29, 0.717) is 23.5 Å². The fourth-order valence-electron chi connectivity index (χ4n) is 2.59. The lowest BCUT2D eigenvalue weighted by molar-refractivity contribution is 0.268. The summed E-state index contributed by atoms with van der Waals surface area (Å²) >= 11 is 0. The Bertz CT molecular complexity index is 323. The summed E-state index contributed by atoms with van der Waals surface area (Å²) < 4.78 is 0. The standard InChI is InChI=1S/C14H28N4O2/c1-9(11(3)17-19)15-13-7-5-6-8-14(13)16-10(2)12(4)18-20/h9-10,13-16,19-20H,5-8H2,1-4H3/b17-11+,18-12+. The summed E-state index contributed by atoms with van der Waals surface area (Å²) in [7, 11) is 0. The molecule has 0 aromatic carbocycles. The summed E-state index contributed by atoms with van der Waals surface area (Å²) in [4.78, 5) is 0. The molecule has 6 heteroatoms. The Morgan fingerprint density at radius 3 is 1.55 bits per heavy atom. The van der Waals surface area contributed by atoms with Gasteiger partial charge in [-0.25, -0.2) is 0 Å². The van der Waals surface area contributed by atoms with E-state index in [1.165, 1.54) is 12.8 Å². The first kappa shape index (κ1) is 16.9. The van der Waals surface area contributed by atoms with Crippen LogP contribution in [0.3, 0.4) is 0 Å². The predicted octanol–water partition coefficient (Wildman–Crippen LogP) is 1.95. The molecule has 0 radical (unpaired) electrons. The largest absolute Gasteiger partial charge is 0.411 e. The lowest BCUT2D eigenvalue weighted by Gasteiger charge is -2.36. The smallest absolute Gasteiger partial charge is 0.0706 e. The lowest BCUT2D eigenvalue weighted by Crippen LogP contribution is -2.56. The second-order valence-corrected chi connectivity index (χ2v) is 5.76. The first-order valence-corrected chi connectivity index (χ1v) is 7.38. The minimum atomic E-state index is 0.0512. The minimum absolute atomic E-state index is 0.0512. The van der Waals surface area contributed by atoms with Crippen LogP contribution in [-0.4, -0.2) is 46.0 Å². The Morgan fingerprint density at radius 1 is 0.900 bits per heavy atom. The Morgan fingerprint density at radius 2 is 1.25 bits per heavy atom. The van der Waals surface area contributed by atoms with Crippen molar-refractivity contribution in [3.05, 3.63) is 0 Å². The van der Waals surface area contributed by atoms with Crippen molar-refractivity contribution in [1.29, 1.82) is 0 Å². The van der Waals surface area contributed by atoms with Gasteiger partial charge in [-0.05, 0) is 40.5 Å². The Hall–Kier alpha value is -1.14. The molecule has 6 nitrogen and oxygen atoms in total. The molecule has 0 heterocycles. The summed E-state index contributed by atoms with van der Waals surface area (Å²) in [6.07, 6.45) is 4.62. The van der Waals surface area contributed by atoms with Gasteiger partial charge < -0.3 is 21.0 Å². The average Bonchev–Trinajstić information content (AvgIpc) is 2.47. The highest BCUT2D eigenvalue weighted by molar-refractivity contribution is 5.86. The highest BCUT2D eigenvalue weighted by Crippen LogP contribution is 2.20. The van der Waals surface area contributed by atoms with Crippen LogP contribution < -0.4 is 10.6 Å². The summed E-state index contributed by atoms with van der Waals surface area (Å²) in [5, 5.41) is 31.3. The van der Waals surface area contributed by atoms with Gasteiger partial charge in [0.1, 0.15) is 0 Å². The third-order valence-electron chi connectivity index (χ3n) is 4.26. The van der Waals surface area contributed by atoms with Gasteiger partial charge in [0, 0.05) is 24.2 Å². The molecule has 1 saturated carbocycles. The molecule has 0 bridgehead atoms. The molecule has 1 aliphatic carbocycles. The molecule has 4 N–H and O–H groups in total. The quantitative estimate of drug-likeness (QED) is 0.341. The van der Waals surface area contributed by atoms with E-state index in [4.69, 9.17) is 10.4 Å². The predicted molar refractivity (Wildman–Crippen MR) is 81.0 cm³/mol. The third-order valence-corrected chi connectivity index (χ3v) is 4.26. The molecular formula is C14H28N4O2. The highest BCUT2D eigenvalue weighted by Gasteiger charge is 2.28. The van der Waals surface area contributed by atoms with E-state index in [1.54, 1.807) is 0 Å². The third kappa shape index (κ3) is 4.76. The Labute approximate surface area is 121 Å². The molecule has 0 aromatic heterocycles. The van der Waals surface area contributed by atoms with E-state index in [-0.39, 0.29) is 12.1 Å². The Kier molecular flexibility index (Phi) is 6.95. The van der Waals surface area contributed by atoms with Crippen LogP contribution in [0, 0.1) is 0 Å². The lowest BCUT2D eigenvalue weighted by atomic mass is 9.89. The number of hydrogen-bond acceptors (Lipinski definition) is 6. The fraction of sp³-hybridized carbons (Fsp3) is 0.857. The van der Waals surface area contributed by atoms with Crippen LogP contribution in [0.25, 0.3) is 0 Å². The van der Waals surface area contributed by atoms with E-state index in [0.717, 1.165) is 12.8 Å². The molecule has 0 amide bonds. The van der Waals surface area contributed by atoms with Crippen LogP contribution in [0.4, 0.5) is 0 Å². The minimum Gasteiger partial charge on any atom is -0.411 e. The average molecular weight is 284 g/mol. The molecule has 1 rings (SSSR count). The van der Waals surface area contributed by atoms with E-state index in [9.17, 15) is 0 Å². The van der Waals surface area contributed by atoms with Crippen molar-refractivity contribution in [2.24, 2.45) is 10.3 Å². The van der Waals surface area contributed by atoms with Gasteiger partial charge in [-0.3, -0.25) is 0 Å². The van der Waals surface area contributed by atoms with Gasteiger partial charge in [0.15, 0.2) is 0 Å². The first-order valence-electron chi connectivity index (χ1n) is 7.38. The molecule has 0 spiro atoms. The van der Waals surface area contributed by atoms with Gasteiger partial charge in [0.05, 0.1) is 11.4 Å². The van der Waals surface area contributed by atoms with Gasteiger partial charge >= 0.3 is 0 Å². The van der Waals surface area contributed by atoms with Crippen molar-refractivity contribution >= 4 is 11.4 Å². The summed E-state index contributed by atoms with van der Waals surface area (Å²) in [5.41, 5.74) is 1.38. The number of nitrogens with one attached hydrogen (secondary N) is 2. The molecule has 1 fully saturated rings. The SMILES string of the molecule is C/C(=N\O)C(C)NC1CCCCC1NC(C)/C(C)=N/O. The molecular weight excluding hydrogens is 256 g/mol. The van der Waals surface area contributed by atoms with Gasteiger partial charge in [-0.2, -0.15) is 0 Å². The van der Waals surface area contributed by atoms with E-state index < -0.39 is 0 Å². The van der Waals surface area contributed by atoms with Crippen LogP contribution in [0.2, 0.25) is 0 Å². The maximum atomic E-state index is 8.84. The molecule has 1 aliphatic rings. The zero-order chi connectivity index (χ0) is 15.1. The molecule has 4 atom stereocenters. The van der Waals surface area contributed by atoms with Gasteiger partial charge in [-0.1, -0.05) is 23.2 Å². The number of hydrogen-bond donors (Lipinski definition) is 4. The van der Waals surface area contributed by atoms with Gasteiger partial charge in [-0.15, -0.1) is 0 Å². The fourth-order valence-corrected chi connectivity index (χ4v) is 2.59. The first-order chi connectivity index (χ1) is 9.49. The molecule has 0 aromatic rings. The Balaban J connectivity index is 2.62. The molecule has 0 aliphatic heterocycles. The van der Waals surface area contributed by atoms with Crippen molar-refractivity contribution in [2.45, 2.75) is 77.5 Å². The van der Waals surface area contributed by atoms with Crippen LogP contribution in [0.5, 0.6) is 0 Å². The van der Waals surface area contributed by atoms with Crippen molar-refractivity contribution < 1.29 is 10.4 Å².